The molecule has 0 aliphatic carbocycles. The SMILES string of the molecule is Cc1nc(Cl)cc2nnc(COC(C)C)n12. The summed E-state index contributed by atoms with van der Waals surface area (Å²) in [6, 6.07) is 1.68. The summed E-state index contributed by atoms with van der Waals surface area (Å²) in [5.41, 5.74) is 0.694. The Labute approximate surface area is 98.4 Å². The van der Waals surface area contributed by atoms with Gasteiger partial charge in [0.05, 0.1) is 6.10 Å². The van der Waals surface area contributed by atoms with Crippen molar-refractivity contribution in [1.82, 2.24) is 19.6 Å². The maximum Gasteiger partial charge on any atom is 0.165 e. The first-order valence-corrected chi connectivity index (χ1v) is 5.44. The minimum absolute atomic E-state index is 0.160. The summed E-state index contributed by atoms with van der Waals surface area (Å²) in [6.07, 6.45) is 0.160. The highest BCUT2D eigenvalue weighted by Gasteiger charge is 2.10. The third-order valence-corrected chi connectivity index (χ3v) is 2.33. The van der Waals surface area contributed by atoms with Crippen LogP contribution < -0.4 is 0 Å². The van der Waals surface area contributed by atoms with Crippen molar-refractivity contribution in [1.29, 1.82) is 0 Å². The van der Waals surface area contributed by atoms with Crippen molar-refractivity contribution in [3.8, 4) is 0 Å². The molecule has 0 aromatic carbocycles. The summed E-state index contributed by atoms with van der Waals surface area (Å²) in [5.74, 6) is 1.50. The van der Waals surface area contributed by atoms with Crippen LogP contribution in [0.4, 0.5) is 0 Å². The highest BCUT2D eigenvalue weighted by Crippen LogP contribution is 2.13. The average Bonchev–Trinajstić information content (AvgIpc) is 2.57. The van der Waals surface area contributed by atoms with Gasteiger partial charge in [-0.2, -0.15) is 0 Å². The van der Waals surface area contributed by atoms with Gasteiger partial charge in [0.25, 0.3) is 0 Å². The molecule has 0 saturated heterocycles. The molecule has 2 heterocycles. The van der Waals surface area contributed by atoms with Gasteiger partial charge in [-0.25, -0.2) is 4.98 Å². The molecule has 16 heavy (non-hydrogen) atoms. The average molecular weight is 241 g/mol. The molecule has 2 aromatic rings. The van der Waals surface area contributed by atoms with Crippen LogP contribution in [-0.4, -0.2) is 25.7 Å². The number of hydrogen-bond acceptors (Lipinski definition) is 4. The smallest absolute Gasteiger partial charge is 0.165 e. The van der Waals surface area contributed by atoms with Crippen molar-refractivity contribution in [3.05, 3.63) is 22.9 Å². The van der Waals surface area contributed by atoms with E-state index in [4.69, 9.17) is 16.3 Å². The molecule has 0 amide bonds. The fraction of sp³-hybridized carbons (Fsp3) is 0.500. The standard InChI is InChI=1S/C10H13ClN4O/c1-6(2)16-5-10-14-13-9-4-8(11)12-7(3)15(9)10/h4,6H,5H2,1-3H3. The van der Waals surface area contributed by atoms with Crippen molar-refractivity contribution in [2.24, 2.45) is 0 Å². The highest BCUT2D eigenvalue weighted by molar-refractivity contribution is 6.29. The lowest BCUT2D eigenvalue weighted by atomic mass is 10.5. The third-order valence-electron chi connectivity index (χ3n) is 2.14. The molecule has 0 aliphatic rings. The molecular formula is C10H13ClN4O. The van der Waals surface area contributed by atoms with Crippen molar-refractivity contribution in [3.63, 3.8) is 0 Å². The fourth-order valence-corrected chi connectivity index (χ4v) is 1.67. The van der Waals surface area contributed by atoms with Crippen LogP contribution in [0.25, 0.3) is 5.65 Å². The first kappa shape index (κ1) is 11.3. The molecule has 0 N–H and O–H groups in total. The van der Waals surface area contributed by atoms with Gasteiger partial charge in [0.2, 0.25) is 0 Å². The molecule has 0 atom stereocenters. The second kappa shape index (κ2) is 4.35. The predicted octanol–water partition coefficient (Wildman–Crippen LogP) is 2.01. The second-order valence-electron chi connectivity index (χ2n) is 3.80. The van der Waals surface area contributed by atoms with Gasteiger partial charge in [0.15, 0.2) is 11.5 Å². The van der Waals surface area contributed by atoms with Crippen molar-refractivity contribution in [2.45, 2.75) is 33.5 Å². The van der Waals surface area contributed by atoms with E-state index in [1.54, 1.807) is 6.07 Å². The minimum Gasteiger partial charge on any atom is -0.371 e. The van der Waals surface area contributed by atoms with E-state index < -0.39 is 0 Å². The second-order valence-corrected chi connectivity index (χ2v) is 4.18. The Balaban J connectivity index is 2.40. The lowest BCUT2D eigenvalue weighted by Gasteiger charge is -2.07. The van der Waals surface area contributed by atoms with Gasteiger partial charge in [0, 0.05) is 6.07 Å². The van der Waals surface area contributed by atoms with Crippen LogP contribution in [-0.2, 0) is 11.3 Å². The number of ether oxygens (including phenoxy) is 1. The zero-order valence-corrected chi connectivity index (χ0v) is 10.2. The fourth-order valence-electron chi connectivity index (χ4n) is 1.45. The summed E-state index contributed by atoms with van der Waals surface area (Å²) in [7, 11) is 0. The lowest BCUT2D eigenvalue weighted by molar-refractivity contribution is 0.0606. The number of aromatic nitrogens is 4. The van der Waals surface area contributed by atoms with Crippen LogP contribution in [0.3, 0.4) is 0 Å². The van der Waals surface area contributed by atoms with Crippen LogP contribution >= 0.6 is 11.6 Å². The van der Waals surface area contributed by atoms with Crippen molar-refractivity contribution in [2.75, 3.05) is 0 Å². The summed E-state index contributed by atoms with van der Waals surface area (Å²) in [5, 5.41) is 8.51. The third kappa shape index (κ3) is 2.15. The molecule has 0 saturated carbocycles. The largest absolute Gasteiger partial charge is 0.371 e. The van der Waals surface area contributed by atoms with Gasteiger partial charge in [-0.3, -0.25) is 4.40 Å². The van der Waals surface area contributed by atoms with E-state index in [9.17, 15) is 0 Å². The molecule has 0 unspecified atom stereocenters. The Morgan fingerprint density at radius 1 is 1.44 bits per heavy atom. The van der Waals surface area contributed by atoms with E-state index in [1.165, 1.54) is 0 Å². The van der Waals surface area contributed by atoms with Crippen LogP contribution in [0.1, 0.15) is 25.5 Å². The summed E-state index contributed by atoms with van der Waals surface area (Å²) < 4.78 is 7.34. The number of aryl methyl sites for hydroxylation is 1. The Hall–Kier alpha value is -1.20. The van der Waals surface area contributed by atoms with E-state index >= 15 is 0 Å². The molecule has 2 aromatic heterocycles. The molecule has 86 valence electrons. The van der Waals surface area contributed by atoms with Gasteiger partial charge in [-0.15, -0.1) is 10.2 Å². The van der Waals surface area contributed by atoms with E-state index in [2.05, 4.69) is 15.2 Å². The van der Waals surface area contributed by atoms with E-state index in [0.29, 0.717) is 17.4 Å². The molecular weight excluding hydrogens is 228 g/mol. The maximum absolute atomic E-state index is 5.84. The lowest BCUT2D eigenvalue weighted by Crippen LogP contribution is -2.07. The van der Waals surface area contributed by atoms with Crippen LogP contribution in [0.5, 0.6) is 0 Å². The Morgan fingerprint density at radius 3 is 2.88 bits per heavy atom. The molecule has 0 spiro atoms. The Kier molecular flexibility index (Phi) is 3.07. The molecule has 0 bridgehead atoms. The normalized spacial score (nSPS) is 11.6. The highest BCUT2D eigenvalue weighted by atomic mass is 35.5. The van der Waals surface area contributed by atoms with E-state index in [0.717, 1.165) is 11.6 Å². The van der Waals surface area contributed by atoms with Crippen LogP contribution in [0.15, 0.2) is 6.07 Å². The summed E-state index contributed by atoms with van der Waals surface area (Å²) in [6.45, 7) is 6.24. The zero-order valence-electron chi connectivity index (χ0n) is 9.44. The molecule has 6 heteroatoms. The number of rotatable bonds is 3. The first-order valence-electron chi connectivity index (χ1n) is 5.06. The first-order chi connectivity index (χ1) is 7.58. The molecule has 2 rings (SSSR count). The maximum atomic E-state index is 5.84. The summed E-state index contributed by atoms with van der Waals surface area (Å²) in [4.78, 5) is 4.15. The minimum atomic E-state index is 0.160. The molecule has 0 fully saturated rings. The quantitative estimate of drug-likeness (QED) is 0.771. The van der Waals surface area contributed by atoms with Gasteiger partial charge in [0.1, 0.15) is 17.6 Å². The number of nitrogens with zero attached hydrogens (tertiary/aromatic N) is 4. The van der Waals surface area contributed by atoms with E-state index in [1.807, 2.05) is 25.2 Å². The van der Waals surface area contributed by atoms with Crippen molar-refractivity contribution >= 4 is 17.2 Å². The summed E-state index contributed by atoms with van der Waals surface area (Å²) >= 11 is 5.84. The van der Waals surface area contributed by atoms with Gasteiger partial charge >= 0.3 is 0 Å². The van der Waals surface area contributed by atoms with E-state index in [-0.39, 0.29) is 6.10 Å². The number of hydrogen-bond donors (Lipinski definition) is 0. The van der Waals surface area contributed by atoms with Crippen LogP contribution in [0, 0.1) is 6.92 Å². The van der Waals surface area contributed by atoms with Gasteiger partial charge < -0.3 is 4.74 Å². The van der Waals surface area contributed by atoms with Gasteiger partial charge in [-0.05, 0) is 20.8 Å². The zero-order chi connectivity index (χ0) is 11.7. The topological polar surface area (TPSA) is 52.3 Å². The number of fused-ring (bicyclic) bond motifs is 1. The Morgan fingerprint density at radius 2 is 2.19 bits per heavy atom. The Bertz CT molecular complexity index is 509. The predicted molar refractivity (Wildman–Crippen MR) is 60.5 cm³/mol. The van der Waals surface area contributed by atoms with Crippen LogP contribution in [0.2, 0.25) is 5.15 Å². The van der Waals surface area contributed by atoms with Gasteiger partial charge in [-0.1, -0.05) is 11.6 Å². The molecule has 0 aliphatic heterocycles. The number of halogens is 1. The molecule has 0 radical (unpaired) electrons. The molecule has 5 nitrogen and oxygen atoms in total. The monoisotopic (exact) mass is 240 g/mol. The van der Waals surface area contributed by atoms with Crippen molar-refractivity contribution < 1.29 is 4.74 Å².